The molecule has 2 nitrogen and oxygen atoms in total. The van der Waals surface area contributed by atoms with Crippen LogP contribution in [0.1, 0.15) is 72.6 Å². The number of aliphatic hydroxyl groups is 2. The van der Waals surface area contributed by atoms with Gasteiger partial charge in [0.15, 0.2) is 0 Å². The van der Waals surface area contributed by atoms with Crippen molar-refractivity contribution in [2.24, 2.45) is 29.6 Å². The first-order chi connectivity index (χ1) is 9.29. The Labute approximate surface area is 125 Å². The van der Waals surface area contributed by atoms with Gasteiger partial charge in [0.2, 0.25) is 0 Å². The summed E-state index contributed by atoms with van der Waals surface area (Å²) in [5.74, 6) is 3.64. The highest BCUT2D eigenvalue weighted by molar-refractivity contribution is 4.96. The van der Waals surface area contributed by atoms with Crippen molar-refractivity contribution in [1.82, 2.24) is 0 Å². The molecule has 2 N–H and O–H groups in total. The average Bonchev–Trinajstić information content (AvgIpc) is 2.78. The Morgan fingerprint density at radius 2 is 1.85 bits per heavy atom. The van der Waals surface area contributed by atoms with E-state index in [9.17, 15) is 10.2 Å². The predicted octanol–water partition coefficient (Wildman–Crippen LogP) is 4.00. The minimum absolute atomic E-state index is 0.0372. The highest BCUT2D eigenvalue weighted by Crippen LogP contribution is 2.51. The van der Waals surface area contributed by atoms with Gasteiger partial charge in [-0.05, 0) is 75.5 Å². The highest BCUT2D eigenvalue weighted by atomic mass is 16.3. The third kappa shape index (κ3) is 3.76. The fourth-order valence-corrected chi connectivity index (χ4v) is 4.95. The van der Waals surface area contributed by atoms with Gasteiger partial charge in [-0.1, -0.05) is 26.7 Å². The Kier molecular flexibility index (Phi) is 5.18. The standard InChI is InChI=1S/C18H34O2/c1-12(6-5-11-18(3,4)20)14-8-9-15-16(19)10-7-13(2)17(14)15/h12-17,19-20H,5-11H2,1-4H3/t12-,13?,14-,15+,16?,17-/m1/s1. The van der Waals surface area contributed by atoms with E-state index in [1.165, 1.54) is 25.7 Å². The van der Waals surface area contributed by atoms with Gasteiger partial charge in [-0.2, -0.15) is 0 Å². The van der Waals surface area contributed by atoms with Gasteiger partial charge in [-0.25, -0.2) is 0 Å². The number of hydrogen-bond donors (Lipinski definition) is 2. The lowest BCUT2D eigenvalue weighted by molar-refractivity contribution is 0.00182. The third-order valence-corrected chi connectivity index (χ3v) is 6.07. The van der Waals surface area contributed by atoms with E-state index < -0.39 is 5.60 Å². The minimum atomic E-state index is -0.522. The van der Waals surface area contributed by atoms with Gasteiger partial charge in [0.1, 0.15) is 0 Å². The van der Waals surface area contributed by atoms with Crippen molar-refractivity contribution in [3.8, 4) is 0 Å². The first-order valence-electron chi connectivity index (χ1n) is 8.70. The van der Waals surface area contributed by atoms with Crippen molar-refractivity contribution in [2.75, 3.05) is 0 Å². The largest absolute Gasteiger partial charge is 0.393 e. The molecule has 0 aromatic rings. The quantitative estimate of drug-likeness (QED) is 0.800. The maximum atomic E-state index is 10.2. The predicted molar refractivity (Wildman–Crippen MR) is 83.4 cm³/mol. The van der Waals surface area contributed by atoms with Crippen molar-refractivity contribution < 1.29 is 10.2 Å². The second-order valence-electron chi connectivity index (χ2n) is 8.29. The fraction of sp³-hybridized carbons (Fsp3) is 1.00. The molecule has 2 saturated carbocycles. The molecule has 20 heavy (non-hydrogen) atoms. The second-order valence-corrected chi connectivity index (χ2v) is 8.29. The number of rotatable bonds is 5. The van der Waals surface area contributed by atoms with E-state index in [4.69, 9.17) is 0 Å². The summed E-state index contributed by atoms with van der Waals surface area (Å²) in [6.45, 7) is 8.60. The molecule has 0 bridgehead atoms. The van der Waals surface area contributed by atoms with Crippen LogP contribution in [0.5, 0.6) is 0 Å². The second kappa shape index (κ2) is 6.36. The normalized spacial score (nSPS) is 39.6. The van der Waals surface area contributed by atoms with E-state index in [1.807, 2.05) is 13.8 Å². The van der Waals surface area contributed by atoms with Gasteiger partial charge < -0.3 is 10.2 Å². The topological polar surface area (TPSA) is 40.5 Å². The summed E-state index contributed by atoms with van der Waals surface area (Å²) in [7, 11) is 0. The van der Waals surface area contributed by atoms with Crippen LogP contribution >= 0.6 is 0 Å². The molecule has 2 rings (SSSR count). The molecule has 118 valence electrons. The van der Waals surface area contributed by atoms with Crippen molar-refractivity contribution >= 4 is 0 Å². The lowest BCUT2D eigenvalue weighted by Crippen LogP contribution is -2.37. The minimum Gasteiger partial charge on any atom is -0.393 e. The summed E-state index contributed by atoms with van der Waals surface area (Å²) in [6.07, 6.45) is 7.96. The van der Waals surface area contributed by atoms with E-state index in [-0.39, 0.29) is 6.10 Å². The Balaban J connectivity index is 1.88. The van der Waals surface area contributed by atoms with Gasteiger partial charge in [-0.15, -0.1) is 0 Å². The summed E-state index contributed by atoms with van der Waals surface area (Å²) in [6, 6.07) is 0. The van der Waals surface area contributed by atoms with Crippen LogP contribution in [-0.4, -0.2) is 21.9 Å². The molecule has 0 amide bonds. The van der Waals surface area contributed by atoms with Gasteiger partial charge in [0.25, 0.3) is 0 Å². The van der Waals surface area contributed by atoms with E-state index in [0.717, 1.165) is 42.9 Å². The van der Waals surface area contributed by atoms with Crippen LogP contribution in [0.4, 0.5) is 0 Å². The molecule has 2 fully saturated rings. The van der Waals surface area contributed by atoms with Crippen molar-refractivity contribution in [3.05, 3.63) is 0 Å². The van der Waals surface area contributed by atoms with Crippen LogP contribution in [0.3, 0.4) is 0 Å². The molecule has 0 heterocycles. The first-order valence-corrected chi connectivity index (χ1v) is 8.70. The van der Waals surface area contributed by atoms with Gasteiger partial charge in [0, 0.05) is 0 Å². The molecular formula is C18H34O2. The molecule has 2 unspecified atom stereocenters. The Morgan fingerprint density at radius 3 is 2.50 bits per heavy atom. The zero-order valence-corrected chi connectivity index (χ0v) is 13.8. The molecule has 0 aromatic heterocycles. The van der Waals surface area contributed by atoms with Crippen LogP contribution in [0.2, 0.25) is 0 Å². The first kappa shape index (κ1) is 16.3. The molecule has 0 aliphatic heterocycles. The van der Waals surface area contributed by atoms with Crippen LogP contribution < -0.4 is 0 Å². The summed E-state index contributed by atoms with van der Waals surface area (Å²) in [5.41, 5.74) is -0.522. The maximum Gasteiger partial charge on any atom is 0.0591 e. The average molecular weight is 282 g/mol. The van der Waals surface area contributed by atoms with Gasteiger partial charge in [-0.3, -0.25) is 0 Å². The fourth-order valence-electron chi connectivity index (χ4n) is 4.95. The highest BCUT2D eigenvalue weighted by Gasteiger charge is 2.46. The van der Waals surface area contributed by atoms with Crippen molar-refractivity contribution in [1.29, 1.82) is 0 Å². The molecule has 6 atom stereocenters. The van der Waals surface area contributed by atoms with E-state index in [0.29, 0.717) is 5.92 Å². The molecule has 0 saturated heterocycles. The van der Waals surface area contributed by atoms with Crippen molar-refractivity contribution in [2.45, 2.75) is 84.3 Å². The van der Waals surface area contributed by atoms with Gasteiger partial charge in [0.05, 0.1) is 11.7 Å². The summed E-state index contributed by atoms with van der Waals surface area (Å²) >= 11 is 0. The van der Waals surface area contributed by atoms with E-state index in [1.54, 1.807) is 0 Å². The number of hydrogen-bond acceptors (Lipinski definition) is 2. The maximum absolute atomic E-state index is 10.2. The zero-order chi connectivity index (χ0) is 14.9. The molecule has 0 radical (unpaired) electrons. The summed E-state index contributed by atoms with van der Waals surface area (Å²) in [4.78, 5) is 0. The Hall–Kier alpha value is -0.0800. The zero-order valence-electron chi connectivity index (χ0n) is 13.8. The molecule has 0 aromatic carbocycles. The molecule has 2 aliphatic rings. The van der Waals surface area contributed by atoms with Crippen molar-refractivity contribution in [3.63, 3.8) is 0 Å². The number of fused-ring (bicyclic) bond motifs is 1. The van der Waals surface area contributed by atoms with Crippen LogP contribution in [0.15, 0.2) is 0 Å². The summed E-state index contributed by atoms with van der Waals surface area (Å²) in [5, 5.41) is 20.1. The van der Waals surface area contributed by atoms with E-state index >= 15 is 0 Å². The lowest BCUT2D eigenvalue weighted by Gasteiger charge is -2.40. The molecule has 2 aliphatic carbocycles. The molecule has 2 heteroatoms. The SMILES string of the molecule is CC1CCC(O)[C@@H]2CC[C@H]([C@H](C)CCCC(C)(C)O)[C@@H]12. The molecular weight excluding hydrogens is 248 g/mol. The summed E-state index contributed by atoms with van der Waals surface area (Å²) < 4.78 is 0. The molecule has 0 spiro atoms. The van der Waals surface area contributed by atoms with Crippen LogP contribution in [-0.2, 0) is 0 Å². The monoisotopic (exact) mass is 282 g/mol. The smallest absolute Gasteiger partial charge is 0.0591 e. The van der Waals surface area contributed by atoms with E-state index in [2.05, 4.69) is 13.8 Å². The lowest BCUT2D eigenvalue weighted by atomic mass is 9.67. The Morgan fingerprint density at radius 1 is 1.15 bits per heavy atom. The van der Waals surface area contributed by atoms with Crippen LogP contribution in [0.25, 0.3) is 0 Å². The van der Waals surface area contributed by atoms with Gasteiger partial charge >= 0.3 is 0 Å². The number of aliphatic hydroxyl groups excluding tert-OH is 1. The van der Waals surface area contributed by atoms with Crippen LogP contribution in [0, 0.1) is 29.6 Å². The Bertz CT molecular complexity index is 307. The third-order valence-electron chi connectivity index (χ3n) is 6.07.